The topological polar surface area (TPSA) is 99.4 Å². The molecule has 4 N–H and O–H groups in total. The predicted molar refractivity (Wildman–Crippen MR) is 40.8 cm³/mol. The number of aliphatic hydroxyl groups is 4. The highest BCUT2D eigenvalue weighted by atomic mass is 16.6. The van der Waals surface area contributed by atoms with Crippen LogP contribution in [0.4, 0.5) is 0 Å². The molecule has 1 rings (SSSR count). The van der Waals surface area contributed by atoms with Crippen LogP contribution in [0.1, 0.15) is 0 Å². The molecule has 13 heavy (non-hydrogen) atoms. The van der Waals surface area contributed by atoms with Gasteiger partial charge in [-0.2, -0.15) is 0 Å². The van der Waals surface area contributed by atoms with Crippen LogP contribution in [0.2, 0.25) is 0 Å². The second kappa shape index (κ2) is 4.32. The molecule has 6 heteroatoms. The lowest BCUT2D eigenvalue weighted by Gasteiger charge is -2.39. The van der Waals surface area contributed by atoms with E-state index in [9.17, 15) is 10.2 Å². The molecular weight excluding hydrogens is 180 g/mol. The van der Waals surface area contributed by atoms with Crippen LogP contribution in [0.15, 0.2) is 0 Å². The second-order valence-corrected chi connectivity index (χ2v) is 2.93. The normalized spacial score (nSPS) is 46.4. The predicted octanol–water partition coefficient (Wildman–Crippen LogP) is -2.57. The Morgan fingerprint density at radius 3 is 2.31 bits per heavy atom. The lowest BCUT2D eigenvalue weighted by atomic mass is 9.99. The third-order valence-corrected chi connectivity index (χ3v) is 2.11. The fourth-order valence-electron chi connectivity index (χ4n) is 1.35. The molecular formula is C7H14O6. The van der Waals surface area contributed by atoms with Gasteiger partial charge >= 0.3 is 0 Å². The molecule has 78 valence electrons. The number of hydrogen-bond acceptors (Lipinski definition) is 6. The minimum Gasteiger partial charge on any atom is -0.394 e. The Hall–Kier alpha value is -0.240. The Balaban J connectivity index is 2.69. The third-order valence-electron chi connectivity index (χ3n) is 2.11. The van der Waals surface area contributed by atoms with Gasteiger partial charge in [-0.3, -0.25) is 0 Å². The monoisotopic (exact) mass is 194 g/mol. The molecule has 1 aliphatic rings. The molecule has 5 atom stereocenters. The molecule has 0 aromatic heterocycles. The maximum absolute atomic E-state index is 9.44. The number of aliphatic hydroxyl groups excluding tert-OH is 4. The quantitative estimate of drug-likeness (QED) is 0.386. The Kier molecular flexibility index (Phi) is 3.60. The van der Waals surface area contributed by atoms with Gasteiger partial charge in [-0.1, -0.05) is 0 Å². The SMILES string of the molecule is CO[C@H]1C(O)[C@@H](O)OC(CO)[C@H]1O. The lowest BCUT2D eigenvalue weighted by Crippen LogP contribution is -2.59. The van der Waals surface area contributed by atoms with Crippen LogP contribution in [0.25, 0.3) is 0 Å². The standard InChI is InChI=1S/C7H14O6/c1-12-6-4(9)3(2-8)13-7(11)5(6)10/h3-11H,2H2,1H3/t3?,4-,5?,6-,7+/m1/s1. The molecule has 1 fully saturated rings. The molecule has 0 spiro atoms. The average Bonchev–Trinajstić information content (AvgIpc) is 2.12. The molecule has 6 nitrogen and oxygen atoms in total. The zero-order valence-corrected chi connectivity index (χ0v) is 7.20. The van der Waals surface area contributed by atoms with E-state index in [-0.39, 0.29) is 0 Å². The van der Waals surface area contributed by atoms with Gasteiger partial charge in [0.2, 0.25) is 0 Å². The molecule has 0 aromatic carbocycles. The van der Waals surface area contributed by atoms with E-state index >= 15 is 0 Å². The summed E-state index contributed by atoms with van der Waals surface area (Å²) in [6.07, 6.45) is -5.76. The summed E-state index contributed by atoms with van der Waals surface area (Å²) in [6, 6.07) is 0. The van der Waals surface area contributed by atoms with Crippen molar-refractivity contribution in [2.24, 2.45) is 0 Å². The molecule has 1 heterocycles. The van der Waals surface area contributed by atoms with Gasteiger partial charge in [-0.25, -0.2) is 0 Å². The van der Waals surface area contributed by atoms with Crippen molar-refractivity contribution in [1.82, 2.24) is 0 Å². The first-order valence-corrected chi connectivity index (χ1v) is 3.95. The molecule has 0 amide bonds. The molecule has 2 unspecified atom stereocenters. The summed E-state index contributed by atoms with van der Waals surface area (Å²) in [6.45, 7) is -0.440. The highest BCUT2D eigenvalue weighted by molar-refractivity contribution is 4.89. The Morgan fingerprint density at radius 1 is 1.23 bits per heavy atom. The van der Waals surface area contributed by atoms with E-state index in [0.29, 0.717) is 0 Å². The van der Waals surface area contributed by atoms with Crippen LogP contribution in [0.3, 0.4) is 0 Å². The van der Waals surface area contributed by atoms with Crippen LogP contribution in [0, 0.1) is 0 Å². The zero-order chi connectivity index (χ0) is 10.0. The van der Waals surface area contributed by atoms with Crippen molar-refractivity contribution < 1.29 is 29.9 Å². The van der Waals surface area contributed by atoms with Crippen molar-refractivity contribution in [3.05, 3.63) is 0 Å². The molecule has 1 aliphatic heterocycles. The number of methoxy groups -OCH3 is 1. The van der Waals surface area contributed by atoms with Crippen molar-refractivity contribution in [1.29, 1.82) is 0 Å². The molecule has 0 bridgehead atoms. The van der Waals surface area contributed by atoms with E-state index < -0.39 is 37.3 Å². The van der Waals surface area contributed by atoms with Gasteiger partial charge in [0.25, 0.3) is 0 Å². The smallest absolute Gasteiger partial charge is 0.184 e. The molecule has 1 saturated heterocycles. The summed E-state index contributed by atoms with van der Waals surface area (Å²) < 4.78 is 9.48. The zero-order valence-electron chi connectivity index (χ0n) is 7.20. The minimum absolute atomic E-state index is 0.440. The fraction of sp³-hybridized carbons (Fsp3) is 1.00. The van der Waals surface area contributed by atoms with Crippen LogP contribution in [0.5, 0.6) is 0 Å². The maximum Gasteiger partial charge on any atom is 0.184 e. The second-order valence-electron chi connectivity index (χ2n) is 2.93. The van der Waals surface area contributed by atoms with Crippen molar-refractivity contribution >= 4 is 0 Å². The van der Waals surface area contributed by atoms with Crippen molar-refractivity contribution in [2.45, 2.75) is 30.7 Å². The van der Waals surface area contributed by atoms with E-state index in [2.05, 4.69) is 0 Å². The van der Waals surface area contributed by atoms with Crippen LogP contribution in [-0.4, -0.2) is 64.8 Å². The first kappa shape index (κ1) is 10.8. The van der Waals surface area contributed by atoms with Gasteiger partial charge in [0, 0.05) is 7.11 Å². The maximum atomic E-state index is 9.44. The van der Waals surface area contributed by atoms with Crippen molar-refractivity contribution in [3.63, 3.8) is 0 Å². The minimum atomic E-state index is -1.44. The van der Waals surface area contributed by atoms with Gasteiger partial charge < -0.3 is 29.9 Å². The lowest BCUT2D eigenvalue weighted by molar-refractivity contribution is -0.290. The summed E-state index contributed by atoms with van der Waals surface area (Å²) in [5.74, 6) is 0. The van der Waals surface area contributed by atoms with Crippen LogP contribution < -0.4 is 0 Å². The third kappa shape index (κ3) is 1.98. The van der Waals surface area contributed by atoms with E-state index in [4.69, 9.17) is 19.7 Å². The summed E-state index contributed by atoms with van der Waals surface area (Å²) >= 11 is 0. The number of rotatable bonds is 2. The Bertz CT molecular complexity index is 163. The number of hydrogen-bond donors (Lipinski definition) is 4. The average molecular weight is 194 g/mol. The van der Waals surface area contributed by atoms with E-state index in [1.807, 2.05) is 0 Å². The highest BCUT2D eigenvalue weighted by Crippen LogP contribution is 2.21. The van der Waals surface area contributed by atoms with E-state index in [0.717, 1.165) is 0 Å². The summed E-state index contributed by atoms with van der Waals surface area (Å²) in [5, 5.41) is 36.6. The van der Waals surface area contributed by atoms with Gasteiger partial charge in [-0.15, -0.1) is 0 Å². The first-order chi connectivity index (χ1) is 6.11. The first-order valence-electron chi connectivity index (χ1n) is 3.95. The van der Waals surface area contributed by atoms with E-state index in [1.54, 1.807) is 0 Å². The molecule has 0 aliphatic carbocycles. The van der Waals surface area contributed by atoms with E-state index in [1.165, 1.54) is 7.11 Å². The molecule has 0 saturated carbocycles. The highest BCUT2D eigenvalue weighted by Gasteiger charge is 2.43. The Labute approximate surface area is 75.3 Å². The Morgan fingerprint density at radius 2 is 1.85 bits per heavy atom. The van der Waals surface area contributed by atoms with Gasteiger partial charge in [0.05, 0.1) is 6.61 Å². The largest absolute Gasteiger partial charge is 0.394 e. The summed E-state index contributed by atoms with van der Waals surface area (Å²) in [7, 11) is 1.30. The van der Waals surface area contributed by atoms with Crippen molar-refractivity contribution in [2.75, 3.05) is 13.7 Å². The van der Waals surface area contributed by atoms with Gasteiger partial charge in [-0.05, 0) is 0 Å². The van der Waals surface area contributed by atoms with Crippen LogP contribution in [-0.2, 0) is 9.47 Å². The summed E-state index contributed by atoms with van der Waals surface area (Å²) in [4.78, 5) is 0. The fourth-order valence-corrected chi connectivity index (χ4v) is 1.35. The van der Waals surface area contributed by atoms with Crippen molar-refractivity contribution in [3.8, 4) is 0 Å². The number of ether oxygens (including phenoxy) is 2. The molecule has 0 aromatic rings. The summed E-state index contributed by atoms with van der Waals surface area (Å²) in [5.41, 5.74) is 0. The molecule has 0 radical (unpaired) electrons. The van der Waals surface area contributed by atoms with Gasteiger partial charge in [0.15, 0.2) is 6.29 Å². The van der Waals surface area contributed by atoms with Crippen LogP contribution >= 0.6 is 0 Å². The van der Waals surface area contributed by atoms with Gasteiger partial charge in [0.1, 0.15) is 24.4 Å².